The fourth-order valence-corrected chi connectivity index (χ4v) is 0.619. The molecule has 0 aliphatic rings. The lowest BCUT2D eigenvalue weighted by atomic mass is 10.5. The Morgan fingerprint density at radius 3 is 1.80 bits per heavy atom. The van der Waals surface area contributed by atoms with E-state index >= 15 is 0 Å². The maximum Gasteiger partial charge on any atom is 0.198 e. The summed E-state index contributed by atoms with van der Waals surface area (Å²) in [6, 6.07) is 0. The van der Waals surface area contributed by atoms with Crippen molar-refractivity contribution in [2.45, 2.75) is 13.8 Å². The lowest BCUT2D eigenvalue weighted by Crippen LogP contribution is -1.73. The Balaban J connectivity index is 4.08. The van der Waals surface area contributed by atoms with Crippen LogP contribution in [0.3, 0.4) is 0 Å². The van der Waals surface area contributed by atoms with Crippen LogP contribution in [0.1, 0.15) is 13.8 Å². The van der Waals surface area contributed by atoms with Crippen LogP contribution in [0.15, 0.2) is 0 Å². The van der Waals surface area contributed by atoms with E-state index in [1.807, 2.05) is 0 Å². The van der Waals surface area contributed by atoms with Gasteiger partial charge in [-0.15, -0.1) is 0 Å². The van der Waals surface area contributed by atoms with Crippen LogP contribution >= 0.6 is 11.8 Å². The van der Waals surface area contributed by atoms with Gasteiger partial charge in [-0.2, -0.15) is 0 Å². The topological polar surface area (TPSA) is 17.1 Å². The fourth-order valence-electron chi connectivity index (χ4n) is 0.373. The zero-order chi connectivity index (χ0) is 11.4. The molecule has 0 spiro atoms. The smallest absolute Gasteiger partial charge is 0.198 e. The third-order valence-corrected chi connectivity index (χ3v) is 1.30. The molecule has 0 saturated carbocycles. The second-order valence-electron chi connectivity index (χ2n) is 1.95. The Morgan fingerprint density at radius 1 is 0.867 bits per heavy atom. The molecule has 0 radical (unpaired) electrons. The summed E-state index contributed by atoms with van der Waals surface area (Å²) in [4.78, 5) is 10.4. The van der Waals surface area contributed by atoms with Crippen molar-refractivity contribution < 1.29 is 4.79 Å². The van der Waals surface area contributed by atoms with E-state index < -0.39 is 0 Å². The molecule has 0 fully saturated rings. The molecule has 0 aromatic heterocycles. The van der Waals surface area contributed by atoms with Crippen molar-refractivity contribution in [3.63, 3.8) is 0 Å². The maximum absolute atomic E-state index is 10.4. The Labute approximate surface area is 94.4 Å². The van der Waals surface area contributed by atoms with Gasteiger partial charge in [-0.1, -0.05) is 5.92 Å². The number of rotatable bonds is 0. The molecule has 1 nitrogen and oxygen atoms in total. The van der Waals surface area contributed by atoms with E-state index in [1.54, 1.807) is 6.92 Å². The van der Waals surface area contributed by atoms with E-state index in [-0.39, 0.29) is 5.12 Å². The van der Waals surface area contributed by atoms with Gasteiger partial charge >= 0.3 is 0 Å². The highest BCUT2D eigenvalue weighted by molar-refractivity contribution is 8.17. The quantitative estimate of drug-likeness (QED) is 0.560. The first-order chi connectivity index (χ1) is 7.27. The number of hydrogen-bond donors (Lipinski definition) is 0. The Morgan fingerprint density at radius 2 is 1.33 bits per heavy atom. The van der Waals surface area contributed by atoms with Crippen LogP contribution < -0.4 is 0 Å². The first kappa shape index (κ1) is 12.8. The Bertz CT molecular complexity index is 528. The van der Waals surface area contributed by atoms with Crippen molar-refractivity contribution in [3.8, 4) is 58.5 Å². The molecule has 0 bridgehead atoms. The first-order valence-electron chi connectivity index (χ1n) is 3.86. The van der Waals surface area contributed by atoms with E-state index in [0.717, 1.165) is 11.8 Å². The van der Waals surface area contributed by atoms with Crippen molar-refractivity contribution in [1.29, 1.82) is 0 Å². The fraction of sp³-hybridized carbons (Fsp3) is 0.154. The van der Waals surface area contributed by atoms with Gasteiger partial charge in [-0.25, -0.2) is 0 Å². The first-order valence-corrected chi connectivity index (χ1v) is 4.68. The van der Waals surface area contributed by atoms with E-state index in [0.29, 0.717) is 0 Å². The number of hydrogen-bond acceptors (Lipinski definition) is 2. The van der Waals surface area contributed by atoms with Crippen LogP contribution in [-0.4, -0.2) is 5.12 Å². The molecule has 0 N–H and O–H groups in total. The minimum absolute atomic E-state index is 0.0561. The van der Waals surface area contributed by atoms with E-state index in [2.05, 4.69) is 58.5 Å². The molecular formula is C13H6OS. The summed E-state index contributed by atoms with van der Waals surface area (Å²) in [6.07, 6.45) is 0. The predicted molar refractivity (Wildman–Crippen MR) is 62.8 cm³/mol. The molecule has 0 atom stereocenters. The maximum atomic E-state index is 10.4. The zero-order valence-electron chi connectivity index (χ0n) is 8.32. The number of carbonyl (C=O) groups excluding carboxylic acids is 1. The third kappa shape index (κ3) is 11.8. The molecule has 0 rings (SSSR count). The molecule has 15 heavy (non-hydrogen) atoms. The van der Waals surface area contributed by atoms with Gasteiger partial charge in [-0.05, 0) is 59.5 Å². The van der Waals surface area contributed by atoms with E-state index in [9.17, 15) is 4.79 Å². The second-order valence-corrected chi connectivity index (χ2v) is 2.93. The van der Waals surface area contributed by atoms with Crippen molar-refractivity contribution >= 4 is 16.9 Å². The predicted octanol–water partition coefficient (Wildman–Crippen LogP) is 1.26. The van der Waals surface area contributed by atoms with E-state index in [1.165, 1.54) is 6.92 Å². The van der Waals surface area contributed by atoms with Crippen LogP contribution in [0, 0.1) is 58.5 Å². The largest absolute Gasteiger partial charge is 0.287 e. The van der Waals surface area contributed by atoms with Crippen molar-refractivity contribution in [2.75, 3.05) is 0 Å². The van der Waals surface area contributed by atoms with Crippen LogP contribution in [-0.2, 0) is 4.79 Å². The average molecular weight is 210 g/mol. The highest BCUT2D eigenvalue weighted by Crippen LogP contribution is 1.94. The monoisotopic (exact) mass is 210 g/mol. The summed E-state index contributed by atoms with van der Waals surface area (Å²) in [5.74, 6) is 22.6. The van der Waals surface area contributed by atoms with Crippen molar-refractivity contribution in [1.82, 2.24) is 0 Å². The second kappa shape index (κ2) is 9.90. The van der Waals surface area contributed by atoms with Crippen LogP contribution in [0.4, 0.5) is 0 Å². The Kier molecular flexibility index (Phi) is 8.47. The van der Waals surface area contributed by atoms with Crippen molar-refractivity contribution in [3.05, 3.63) is 0 Å². The van der Waals surface area contributed by atoms with Gasteiger partial charge in [0, 0.05) is 18.7 Å². The van der Waals surface area contributed by atoms with Gasteiger partial charge in [0.05, 0.1) is 0 Å². The van der Waals surface area contributed by atoms with Gasteiger partial charge in [-0.3, -0.25) is 4.79 Å². The molecular weight excluding hydrogens is 204 g/mol. The molecule has 0 heterocycles. The SMILES string of the molecule is CC#CC#CC#CC#CC#CSC(C)=O. The highest BCUT2D eigenvalue weighted by atomic mass is 32.2. The summed E-state index contributed by atoms with van der Waals surface area (Å²) in [6.45, 7) is 3.14. The lowest BCUT2D eigenvalue weighted by Gasteiger charge is -1.72. The minimum atomic E-state index is -0.0561. The average Bonchev–Trinajstić information content (AvgIpc) is 2.20. The van der Waals surface area contributed by atoms with E-state index in [4.69, 9.17) is 0 Å². The lowest BCUT2D eigenvalue weighted by molar-refractivity contribution is -0.109. The van der Waals surface area contributed by atoms with Crippen LogP contribution in [0.2, 0.25) is 0 Å². The van der Waals surface area contributed by atoms with Gasteiger partial charge in [0.25, 0.3) is 0 Å². The summed E-state index contributed by atoms with van der Waals surface area (Å²) >= 11 is 0.909. The Hall–Kier alpha value is -2.18. The van der Waals surface area contributed by atoms with Gasteiger partial charge in [0.1, 0.15) is 0 Å². The van der Waals surface area contributed by atoms with Crippen molar-refractivity contribution in [2.24, 2.45) is 0 Å². The standard InChI is InChI=1S/C13H6OS/c1-3-4-5-6-7-8-9-10-11-12-15-13(2)14/h1-2H3. The highest BCUT2D eigenvalue weighted by Gasteiger charge is 1.83. The normalized spacial score (nSPS) is 5.20. The molecule has 0 aliphatic heterocycles. The molecule has 2 heteroatoms. The molecule has 70 valence electrons. The molecule has 0 saturated heterocycles. The molecule has 0 aliphatic carbocycles. The molecule has 0 aromatic carbocycles. The summed E-state index contributed by atoms with van der Waals surface area (Å²) in [7, 11) is 0. The van der Waals surface area contributed by atoms with Crippen LogP contribution in [0.5, 0.6) is 0 Å². The molecule has 0 amide bonds. The summed E-state index contributed by atoms with van der Waals surface area (Å²) in [5, 5.41) is 2.46. The minimum Gasteiger partial charge on any atom is -0.287 e. The van der Waals surface area contributed by atoms with Gasteiger partial charge in [0.15, 0.2) is 5.12 Å². The number of thioether (sulfide) groups is 1. The molecule has 0 aromatic rings. The summed E-state index contributed by atoms with van der Waals surface area (Å²) in [5.41, 5.74) is 0. The third-order valence-electron chi connectivity index (χ3n) is 0.808. The molecule has 0 unspecified atom stereocenters. The zero-order valence-corrected chi connectivity index (χ0v) is 9.13. The van der Waals surface area contributed by atoms with Gasteiger partial charge in [0.2, 0.25) is 0 Å². The van der Waals surface area contributed by atoms with Gasteiger partial charge < -0.3 is 0 Å². The number of carbonyl (C=O) groups is 1. The van der Waals surface area contributed by atoms with Crippen LogP contribution in [0.25, 0.3) is 0 Å². The summed E-state index contributed by atoms with van der Waals surface area (Å²) < 4.78 is 0.